The summed E-state index contributed by atoms with van der Waals surface area (Å²) >= 11 is 6.55. The van der Waals surface area contributed by atoms with Crippen molar-refractivity contribution in [1.29, 1.82) is 0 Å². The van der Waals surface area contributed by atoms with Crippen LogP contribution in [0.5, 0.6) is 0 Å². The van der Waals surface area contributed by atoms with Gasteiger partial charge in [0.15, 0.2) is 0 Å². The Morgan fingerprint density at radius 1 is 1.43 bits per heavy atom. The smallest absolute Gasteiger partial charge is 0.299 e. The van der Waals surface area contributed by atoms with E-state index in [-0.39, 0.29) is 33.0 Å². The van der Waals surface area contributed by atoms with Crippen molar-refractivity contribution in [2.75, 3.05) is 11.1 Å². The van der Waals surface area contributed by atoms with Gasteiger partial charge in [-0.2, -0.15) is 4.99 Å². The van der Waals surface area contributed by atoms with Crippen molar-refractivity contribution in [2.24, 2.45) is 15.2 Å². The number of halogens is 1. The van der Waals surface area contributed by atoms with Gasteiger partial charge in [-0.1, -0.05) is 29.9 Å². The van der Waals surface area contributed by atoms with Crippen molar-refractivity contribution in [3.05, 3.63) is 45.6 Å². The fourth-order valence-corrected chi connectivity index (χ4v) is 2.20. The number of carbonyl (C=O) groups excluding carboxylic acids is 2. The molecule has 2 rings (SSSR count). The summed E-state index contributed by atoms with van der Waals surface area (Å²) in [4.78, 5) is 36.9. The summed E-state index contributed by atoms with van der Waals surface area (Å²) < 4.78 is 0. The number of carbonyl (C=O) groups is 2. The lowest BCUT2D eigenvalue weighted by Crippen LogP contribution is -2.16. The summed E-state index contributed by atoms with van der Waals surface area (Å²) in [5.74, 6) is -1.32. The third-order valence-corrected chi connectivity index (χ3v) is 3.54. The summed E-state index contributed by atoms with van der Waals surface area (Å²) in [6.07, 6.45) is 0. The van der Waals surface area contributed by atoms with Crippen molar-refractivity contribution in [3.8, 4) is 0 Å². The molecular weight excluding hydrogens is 346 g/mol. The molecule has 118 valence electrons. The van der Waals surface area contributed by atoms with Crippen LogP contribution in [-0.2, 0) is 9.59 Å². The molecule has 0 bridgehead atoms. The van der Waals surface area contributed by atoms with E-state index >= 15 is 0 Å². The second-order valence-electron chi connectivity index (χ2n) is 4.10. The Labute approximate surface area is 138 Å². The number of aliphatic imine (C=N–C) groups is 1. The second-order valence-corrected chi connectivity index (χ2v) is 5.48. The molecule has 0 radical (unpaired) electrons. The first kappa shape index (κ1) is 16.8. The van der Waals surface area contributed by atoms with Crippen molar-refractivity contribution in [2.45, 2.75) is 0 Å². The van der Waals surface area contributed by atoms with Crippen molar-refractivity contribution >= 4 is 51.7 Å². The molecule has 0 saturated heterocycles. The first-order valence-electron chi connectivity index (χ1n) is 5.97. The number of nitrogens with one attached hydrogen (secondary N) is 1. The number of amidine groups is 1. The summed E-state index contributed by atoms with van der Waals surface area (Å²) in [7, 11) is 0. The molecule has 9 nitrogen and oxygen atoms in total. The van der Waals surface area contributed by atoms with Gasteiger partial charge in [-0.15, -0.1) is 10.2 Å². The molecule has 0 fully saturated rings. The third kappa shape index (κ3) is 4.44. The second kappa shape index (κ2) is 7.11. The van der Waals surface area contributed by atoms with Crippen molar-refractivity contribution < 1.29 is 14.5 Å². The van der Waals surface area contributed by atoms with E-state index in [2.05, 4.69) is 27.1 Å². The molecule has 0 aromatic heterocycles. The van der Waals surface area contributed by atoms with E-state index in [4.69, 9.17) is 11.6 Å². The SMILES string of the molecule is C=C1N=NC(SCC(=O)Nc2ccc(Cl)cc2[N+](=O)[O-])=NC1=O. The van der Waals surface area contributed by atoms with Crippen molar-refractivity contribution in [1.82, 2.24) is 0 Å². The first-order valence-corrected chi connectivity index (χ1v) is 7.33. The Morgan fingerprint density at radius 3 is 2.83 bits per heavy atom. The van der Waals surface area contributed by atoms with Crippen LogP contribution in [0.4, 0.5) is 11.4 Å². The Hall–Kier alpha value is -2.59. The minimum absolute atomic E-state index is 0.0154. The molecule has 1 aliphatic heterocycles. The zero-order chi connectivity index (χ0) is 17.0. The maximum absolute atomic E-state index is 11.8. The van der Waals surface area contributed by atoms with Crippen LogP contribution in [0.2, 0.25) is 5.02 Å². The number of rotatable bonds is 4. The number of amides is 2. The minimum Gasteiger partial charge on any atom is -0.320 e. The lowest BCUT2D eigenvalue weighted by molar-refractivity contribution is -0.383. The molecule has 0 unspecified atom stereocenters. The normalized spacial score (nSPS) is 13.7. The molecule has 1 N–H and O–H groups in total. The van der Waals surface area contributed by atoms with Gasteiger partial charge in [0.25, 0.3) is 11.6 Å². The predicted octanol–water partition coefficient (Wildman–Crippen LogP) is 2.78. The molecule has 0 atom stereocenters. The topological polar surface area (TPSA) is 126 Å². The van der Waals surface area contributed by atoms with Gasteiger partial charge in [-0.3, -0.25) is 19.7 Å². The van der Waals surface area contributed by atoms with Crippen LogP contribution in [0.25, 0.3) is 0 Å². The van der Waals surface area contributed by atoms with E-state index in [0.29, 0.717) is 0 Å². The molecule has 1 heterocycles. The highest BCUT2D eigenvalue weighted by Crippen LogP contribution is 2.28. The quantitative estimate of drug-likeness (QED) is 0.506. The third-order valence-electron chi connectivity index (χ3n) is 2.46. The van der Waals surface area contributed by atoms with Gasteiger partial charge in [0.2, 0.25) is 11.1 Å². The molecule has 2 amide bonds. The lowest BCUT2D eigenvalue weighted by atomic mass is 10.2. The molecule has 0 aliphatic carbocycles. The van der Waals surface area contributed by atoms with E-state index in [9.17, 15) is 19.7 Å². The van der Waals surface area contributed by atoms with E-state index in [1.54, 1.807) is 0 Å². The van der Waals surface area contributed by atoms with Crippen LogP contribution in [0.15, 0.2) is 45.7 Å². The van der Waals surface area contributed by atoms with Gasteiger partial charge in [-0.05, 0) is 12.1 Å². The molecule has 1 aliphatic rings. The molecular formula is C12H8ClN5O4S. The molecule has 1 aromatic carbocycles. The minimum atomic E-state index is -0.654. The number of azo groups is 1. The Kier molecular flexibility index (Phi) is 5.19. The number of nitrogens with zero attached hydrogens (tertiary/aromatic N) is 4. The highest BCUT2D eigenvalue weighted by atomic mass is 35.5. The largest absolute Gasteiger partial charge is 0.320 e. The van der Waals surface area contributed by atoms with Crippen LogP contribution in [-0.4, -0.2) is 27.7 Å². The van der Waals surface area contributed by atoms with Gasteiger partial charge in [0.1, 0.15) is 11.4 Å². The number of nitro groups is 1. The van der Waals surface area contributed by atoms with Gasteiger partial charge in [-0.25, -0.2) is 0 Å². The number of thioether (sulfide) groups is 1. The maximum Gasteiger partial charge on any atom is 0.299 e. The van der Waals surface area contributed by atoms with Gasteiger partial charge < -0.3 is 5.32 Å². The fraction of sp³-hybridized carbons (Fsp3) is 0.0833. The monoisotopic (exact) mass is 353 g/mol. The molecule has 11 heteroatoms. The molecule has 0 spiro atoms. The van der Waals surface area contributed by atoms with Crippen LogP contribution in [0.1, 0.15) is 0 Å². The number of anilines is 1. The Bertz CT molecular complexity index is 777. The van der Waals surface area contributed by atoms with E-state index in [0.717, 1.165) is 17.8 Å². The molecule has 1 aromatic rings. The highest BCUT2D eigenvalue weighted by molar-refractivity contribution is 8.14. The summed E-state index contributed by atoms with van der Waals surface area (Å²) in [6, 6.07) is 3.88. The first-order chi connectivity index (χ1) is 10.9. The van der Waals surface area contributed by atoms with E-state index < -0.39 is 16.7 Å². The lowest BCUT2D eigenvalue weighted by Gasteiger charge is -2.07. The fourth-order valence-electron chi connectivity index (χ4n) is 1.46. The van der Waals surface area contributed by atoms with Crippen molar-refractivity contribution in [3.63, 3.8) is 0 Å². The number of hydrogen-bond acceptors (Lipinski definition) is 7. The van der Waals surface area contributed by atoms with Gasteiger partial charge in [0.05, 0.1) is 10.7 Å². The zero-order valence-electron chi connectivity index (χ0n) is 11.4. The summed E-state index contributed by atoms with van der Waals surface area (Å²) in [5.41, 5.74) is -0.394. The predicted molar refractivity (Wildman–Crippen MR) is 85.6 cm³/mol. The van der Waals surface area contributed by atoms with Crippen LogP contribution in [0.3, 0.4) is 0 Å². The summed E-state index contributed by atoms with van der Waals surface area (Å²) in [6.45, 7) is 3.33. The average Bonchev–Trinajstić information content (AvgIpc) is 2.50. The number of hydrogen-bond donors (Lipinski definition) is 1. The van der Waals surface area contributed by atoms with Crippen LogP contribution in [0, 0.1) is 10.1 Å². The van der Waals surface area contributed by atoms with E-state index in [1.165, 1.54) is 12.1 Å². The van der Waals surface area contributed by atoms with Gasteiger partial charge in [0, 0.05) is 11.1 Å². The van der Waals surface area contributed by atoms with Crippen LogP contribution < -0.4 is 5.32 Å². The Morgan fingerprint density at radius 2 is 2.17 bits per heavy atom. The molecule has 23 heavy (non-hydrogen) atoms. The molecule has 0 saturated carbocycles. The van der Waals surface area contributed by atoms with Crippen LogP contribution >= 0.6 is 23.4 Å². The summed E-state index contributed by atoms with van der Waals surface area (Å²) in [5, 5.41) is 20.6. The maximum atomic E-state index is 11.8. The average molecular weight is 354 g/mol. The highest BCUT2D eigenvalue weighted by Gasteiger charge is 2.18. The van der Waals surface area contributed by atoms with Gasteiger partial charge >= 0.3 is 0 Å². The zero-order valence-corrected chi connectivity index (χ0v) is 12.9. The number of benzene rings is 1. The standard InChI is InChI=1S/C12H8ClN5O4S/c1-6-11(20)15-12(17-16-6)23-5-10(19)14-8-3-2-7(13)4-9(8)18(21)22/h2-4H,1,5H2,(H,14,19). The number of nitro benzene ring substituents is 1. The Balaban J connectivity index is 2.00. The van der Waals surface area contributed by atoms with E-state index in [1.807, 2.05) is 0 Å².